The summed E-state index contributed by atoms with van der Waals surface area (Å²) in [6, 6.07) is 8.35. The predicted octanol–water partition coefficient (Wildman–Crippen LogP) is 2.20. The smallest absolute Gasteiger partial charge is 0.317 e. The molecule has 0 aromatic heterocycles. The van der Waals surface area contributed by atoms with Crippen molar-refractivity contribution in [3.8, 4) is 0 Å². The van der Waals surface area contributed by atoms with Crippen molar-refractivity contribution in [2.75, 3.05) is 20.1 Å². The molecule has 1 aliphatic rings. The zero-order valence-corrected chi connectivity index (χ0v) is 13.4. The van der Waals surface area contributed by atoms with Gasteiger partial charge in [-0.1, -0.05) is 31.2 Å². The maximum Gasteiger partial charge on any atom is 0.317 e. The molecule has 0 atom stereocenters. The van der Waals surface area contributed by atoms with Crippen LogP contribution >= 0.6 is 0 Å². The molecule has 0 fully saturated rings. The van der Waals surface area contributed by atoms with Crippen molar-refractivity contribution in [3.05, 3.63) is 35.4 Å². The molecular formula is C17H26N2O2. The lowest BCUT2D eigenvalue weighted by Gasteiger charge is -2.29. The van der Waals surface area contributed by atoms with Gasteiger partial charge in [-0.2, -0.15) is 0 Å². The van der Waals surface area contributed by atoms with Crippen LogP contribution in [0.15, 0.2) is 24.3 Å². The Kier molecular flexibility index (Phi) is 4.28. The second-order valence-corrected chi connectivity index (χ2v) is 7.26. The van der Waals surface area contributed by atoms with Crippen LogP contribution in [0, 0.1) is 5.41 Å². The van der Waals surface area contributed by atoms with Gasteiger partial charge in [0.15, 0.2) is 0 Å². The standard InChI is InChI=1S/C17H26N2O2/c1-16(2,21)12-19(4)15(20)18-11-17(3)9-13-7-5-6-8-14(13)10-17/h5-8,21H,9-12H2,1-4H3,(H,18,20). The molecule has 1 aromatic rings. The first kappa shape index (κ1) is 15.8. The van der Waals surface area contributed by atoms with Gasteiger partial charge in [-0.25, -0.2) is 4.79 Å². The second kappa shape index (κ2) is 5.68. The average Bonchev–Trinajstić information content (AvgIpc) is 2.70. The first-order valence-electron chi connectivity index (χ1n) is 7.47. The summed E-state index contributed by atoms with van der Waals surface area (Å²) < 4.78 is 0. The second-order valence-electron chi connectivity index (χ2n) is 7.26. The summed E-state index contributed by atoms with van der Waals surface area (Å²) in [6.07, 6.45) is 2.00. The number of urea groups is 1. The summed E-state index contributed by atoms with van der Waals surface area (Å²) >= 11 is 0. The van der Waals surface area contributed by atoms with Crippen LogP contribution < -0.4 is 5.32 Å². The topological polar surface area (TPSA) is 52.6 Å². The third-order valence-electron chi connectivity index (χ3n) is 3.99. The lowest BCUT2D eigenvalue weighted by Crippen LogP contribution is -2.47. The fourth-order valence-electron chi connectivity index (χ4n) is 3.09. The van der Waals surface area contributed by atoms with Crippen LogP contribution in [0.4, 0.5) is 4.79 Å². The Morgan fingerprint density at radius 2 is 1.86 bits per heavy atom. The number of hydrogen-bond donors (Lipinski definition) is 2. The lowest BCUT2D eigenvalue weighted by atomic mass is 9.87. The van der Waals surface area contributed by atoms with Crippen molar-refractivity contribution in [1.82, 2.24) is 10.2 Å². The zero-order valence-electron chi connectivity index (χ0n) is 13.4. The molecule has 116 valence electrons. The summed E-state index contributed by atoms with van der Waals surface area (Å²) in [5, 5.41) is 12.8. The SMILES string of the molecule is CN(CC(C)(C)O)C(=O)NCC1(C)Cc2ccccc2C1. The summed E-state index contributed by atoms with van der Waals surface area (Å²) in [5.74, 6) is 0. The molecule has 2 rings (SSSR count). The fourth-order valence-corrected chi connectivity index (χ4v) is 3.09. The Hall–Kier alpha value is -1.55. The maximum absolute atomic E-state index is 12.1. The number of nitrogens with zero attached hydrogens (tertiary/aromatic N) is 1. The van der Waals surface area contributed by atoms with Crippen LogP contribution in [0.5, 0.6) is 0 Å². The molecule has 0 heterocycles. The van der Waals surface area contributed by atoms with Gasteiger partial charge in [0, 0.05) is 13.6 Å². The van der Waals surface area contributed by atoms with Gasteiger partial charge in [-0.15, -0.1) is 0 Å². The van der Waals surface area contributed by atoms with E-state index in [1.165, 1.54) is 16.0 Å². The number of likely N-dealkylation sites (N-methyl/N-ethyl adjacent to an activating group) is 1. The number of hydrogen-bond acceptors (Lipinski definition) is 2. The molecule has 0 bridgehead atoms. The molecule has 0 unspecified atom stereocenters. The highest BCUT2D eigenvalue weighted by molar-refractivity contribution is 5.74. The number of carbonyl (C=O) groups is 1. The van der Waals surface area contributed by atoms with Crippen LogP contribution in [-0.2, 0) is 12.8 Å². The number of carbonyl (C=O) groups excluding carboxylic acids is 1. The molecule has 4 nitrogen and oxygen atoms in total. The van der Waals surface area contributed by atoms with Crippen molar-refractivity contribution < 1.29 is 9.90 Å². The lowest BCUT2D eigenvalue weighted by molar-refractivity contribution is 0.0528. The quantitative estimate of drug-likeness (QED) is 0.893. The largest absolute Gasteiger partial charge is 0.389 e. The van der Waals surface area contributed by atoms with Crippen molar-refractivity contribution in [3.63, 3.8) is 0 Å². The van der Waals surface area contributed by atoms with Gasteiger partial charge in [-0.3, -0.25) is 0 Å². The molecule has 0 saturated heterocycles. The maximum atomic E-state index is 12.1. The minimum Gasteiger partial charge on any atom is -0.389 e. The monoisotopic (exact) mass is 290 g/mol. The van der Waals surface area contributed by atoms with Crippen LogP contribution in [0.2, 0.25) is 0 Å². The van der Waals surface area contributed by atoms with E-state index in [2.05, 4.69) is 36.5 Å². The Morgan fingerprint density at radius 3 is 2.33 bits per heavy atom. The minimum absolute atomic E-state index is 0.0783. The van der Waals surface area contributed by atoms with Gasteiger partial charge in [0.1, 0.15) is 0 Å². The summed E-state index contributed by atoms with van der Waals surface area (Å²) in [5.41, 5.74) is 1.98. The van der Waals surface area contributed by atoms with Gasteiger partial charge >= 0.3 is 6.03 Å². The third-order valence-corrected chi connectivity index (χ3v) is 3.99. The molecule has 4 heteroatoms. The fraction of sp³-hybridized carbons (Fsp3) is 0.588. The number of fused-ring (bicyclic) bond motifs is 1. The van der Waals surface area contributed by atoms with Crippen molar-refractivity contribution in [1.29, 1.82) is 0 Å². The van der Waals surface area contributed by atoms with Gasteiger partial charge in [0.2, 0.25) is 0 Å². The molecule has 1 aliphatic carbocycles. The Balaban J connectivity index is 1.88. The Bertz CT molecular complexity index is 495. The number of rotatable bonds is 4. The van der Waals surface area contributed by atoms with Crippen LogP contribution in [-0.4, -0.2) is 41.8 Å². The van der Waals surface area contributed by atoms with Crippen molar-refractivity contribution >= 4 is 6.03 Å². The first-order chi connectivity index (χ1) is 9.69. The summed E-state index contributed by atoms with van der Waals surface area (Å²) in [4.78, 5) is 13.6. The number of aliphatic hydroxyl groups is 1. The minimum atomic E-state index is -0.875. The zero-order chi connectivity index (χ0) is 15.7. The van der Waals surface area contributed by atoms with E-state index in [0.717, 1.165) is 12.8 Å². The summed E-state index contributed by atoms with van der Waals surface area (Å²) in [7, 11) is 1.71. The molecular weight excluding hydrogens is 264 g/mol. The number of benzene rings is 1. The highest BCUT2D eigenvalue weighted by atomic mass is 16.3. The number of amides is 2. The highest BCUT2D eigenvalue weighted by Crippen LogP contribution is 2.35. The van der Waals surface area contributed by atoms with E-state index in [0.29, 0.717) is 13.1 Å². The van der Waals surface area contributed by atoms with Gasteiger partial charge in [0.05, 0.1) is 12.1 Å². The average molecular weight is 290 g/mol. The number of nitrogens with one attached hydrogen (secondary N) is 1. The molecule has 2 N–H and O–H groups in total. The van der Waals surface area contributed by atoms with E-state index < -0.39 is 5.60 Å². The normalized spacial score (nSPS) is 16.4. The summed E-state index contributed by atoms with van der Waals surface area (Å²) in [6.45, 7) is 6.58. The van der Waals surface area contributed by atoms with E-state index in [-0.39, 0.29) is 11.4 Å². The van der Waals surface area contributed by atoms with Crippen LogP contribution in [0.25, 0.3) is 0 Å². The van der Waals surface area contributed by atoms with Crippen LogP contribution in [0.3, 0.4) is 0 Å². The van der Waals surface area contributed by atoms with E-state index in [1.54, 1.807) is 20.9 Å². The molecule has 21 heavy (non-hydrogen) atoms. The molecule has 0 aliphatic heterocycles. The van der Waals surface area contributed by atoms with Gasteiger partial charge in [-0.05, 0) is 43.2 Å². The predicted molar refractivity (Wildman–Crippen MR) is 84.3 cm³/mol. The molecule has 1 aromatic carbocycles. The Labute approximate surface area is 127 Å². The van der Waals surface area contributed by atoms with E-state index >= 15 is 0 Å². The molecule has 0 radical (unpaired) electrons. The van der Waals surface area contributed by atoms with Crippen molar-refractivity contribution in [2.45, 2.75) is 39.2 Å². The Morgan fingerprint density at radius 1 is 1.33 bits per heavy atom. The van der Waals surface area contributed by atoms with Gasteiger partial charge < -0.3 is 15.3 Å². The first-order valence-corrected chi connectivity index (χ1v) is 7.47. The van der Waals surface area contributed by atoms with E-state index in [9.17, 15) is 9.90 Å². The molecule has 0 spiro atoms. The van der Waals surface area contributed by atoms with Gasteiger partial charge in [0.25, 0.3) is 0 Å². The van der Waals surface area contributed by atoms with E-state index in [4.69, 9.17) is 0 Å². The van der Waals surface area contributed by atoms with Crippen molar-refractivity contribution in [2.24, 2.45) is 5.41 Å². The third kappa shape index (κ3) is 4.21. The van der Waals surface area contributed by atoms with E-state index in [1.807, 2.05) is 0 Å². The molecule has 0 saturated carbocycles. The molecule has 2 amide bonds. The highest BCUT2D eigenvalue weighted by Gasteiger charge is 2.33. The van der Waals surface area contributed by atoms with Crippen LogP contribution in [0.1, 0.15) is 31.9 Å².